The Kier molecular flexibility index (Phi) is 6.20. The minimum absolute atomic E-state index is 0.214. The van der Waals surface area contributed by atoms with Gasteiger partial charge in [-0.25, -0.2) is 0 Å². The van der Waals surface area contributed by atoms with Crippen molar-refractivity contribution in [3.8, 4) is 0 Å². The van der Waals surface area contributed by atoms with Crippen LogP contribution in [0.15, 0.2) is 29.4 Å². The molecule has 2 atom stereocenters. The lowest BCUT2D eigenvalue weighted by molar-refractivity contribution is -0.135. The van der Waals surface area contributed by atoms with Crippen molar-refractivity contribution in [1.29, 1.82) is 0 Å². The zero-order chi connectivity index (χ0) is 17.7. The Hall–Kier alpha value is -2.08. The van der Waals surface area contributed by atoms with Crippen LogP contribution >= 0.6 is 11.6 Å². The molecular weight excluding hydrogens is 330 g/mol. The van der Waals surface area contributed by atoms with Crippen molar-refractivity contribution in [3.63, 3.8) is 0 Å². The van der Waals surface area contributed by atoms with E-state index in [0.29, 0.717) is 29.6 Å². The third-order valence-electron chi connectivity index (χ3n) is 3.58. The van der Waals surface area contributed by atoms with Crippen LogP contribution in [0.5, 0.6) is 0 Å². The Morgan fingerprint density at radius 2 is 1.96 bits per heavy atom. The molecule has 1 aliphatic rings. The molecule has 2 N–H and O–H groups in total. The Labute approximate surface area is 146 Å². The molecule has 0 radical (unpaired) electrons. The zero-order valence-electron chi connectivity index (χ0n) is 14.0. The van der Waals surface area contributed by atoms with E-state index < -0.39 is 12.1 Å². The fourth-order valence-corrected chi connectivity index (χ4v) is 2.29. The number of hydrogen-bond donors (Lipinski definition) is 2. The van der Waals surface area contributed by atoms with Gasteiger partial charge in [0.05, 0.1) is 5.71 Å². The number of carbonyl (C=O) groups excluding carboxylic acids is 2. The topological polar surface area (TPSA) is 79.8 Å². The number of oxime groups is 1. The van der Waals surface area contributed by atoms with Crippen molar-refractivity contribution >= 4 is 29.1 Å². The van der Waals surface area contributed by atoms with Gasteiger partial charge in [-0.1, -0.05) is 42.7 Å². The molecule has 1 aliphatic heterocycles. The van der Waals surface area contributed by atoms with Gasteiger partial charge >= 0.3 is 0 Å². The first-order valence-electron chi connectivity index (χ1n) is 7.93. The summed E-state index contributed by atoms with van der Waals surface area (Å²) in [6.45, 7) is 6.23. The molecule has 0 aliphatic carbocycles. The SMILES string of the molecule is CC(C)CNC(=O)[C@H](C)NC(=O)[C@H]1CC(c2ccc(Cl)cc2)=NO1. The van der Waals surface area contributed by atoms with Crippen LogP contribution in [0.25, 0.3) is 0 Å². The molecule has 0 unspecified atom stereocenters. The number of halogens is 1. The van der Waals surface area contributed by atoms with Crippen LogP contribution in [0.4, 0.5) is 0 Å². The lowest BCUT2D eigenvalue weighted by Gasteiger charge is -2.16. The summed E-state index contributed by atoms with van der Waals surface area (Å²) in [6.07, 6.45) is -0.371. The van der Waals surface area contributed by atoms with Gasteiger partial charge in [0.1, 0.15) is 6.04 Å². The number of nitrogens with one attached hydrogen (secondary N) is 2. The van der Waals surface area contributed by atoms with Crippen molar-refractivity contribution < 1.29 is 14.4 Å². The van der Waals surface area contributed by atoms with Crippen LogP contribution in [0.1, 0.15) is 32.8 Å². The summed E-state index contributed by atoms with van der Waals surface area (Å²) in [5.74, 6) is -0.214. The standard InChI is InChI=1S/C17H22ClN3O3/c1-10(2)9-19-16(22)11(3)20-17(23)15-8-14(21-24-15)12-4-6-13(18)7-5-12/h4-7,10-11,15H,8-9H2,1-3H3,(H,19,22)(H,20,23)/t11-,15+/m0/s1. The van der Waals surface area contributed by atoms with Crippen LogP contribution in [0.2, 0.25) is 5.02 Å². The summed E-state index contributed by atoms with van der Waals surface area (Å²) in [7, 11) is 0. The van der Waals surface area contributed by atoms with E-state index in [9.17, 15) is 9.59 Å². The van der Waals surface area contributed by atoms with E-state index in [1.54, 1.807) is 19.1 Å². The molecule has 0 saturated heterocycles. The van der Waals surface area contributed by atoms with E-state index in [0.717, 1.165) is 5.56 Å². The number of amides is 2. The summed E-state index contributed by atoms with van der Waals surface area (Å²) < 4.78 is 0. The maximum atomic E-state index is 12.2. The summed E-state index contributed by atoms with van der Waals surface area (Å²) in [5, 5.41) is 10.0. The third kappa shape index (κ3) is 4.96. The predicted octanol–water partition coefficient (Wildman–Crippen LogP) is 2.11. The van der Waals surface area contributed by atoms with Gasteiger partial charge in [0.15, 0.2) is 0 Å². The van der Waals surface area contributed by atoms with Crippen molar-refractivity contribution in [3.05, 3.63) is 34.9 Å². The number of benzene rings is 1. The molecule has 0 fully saturated rings. The normalized spacial score (nSPS) is 17.9. The first-order chi connectivity index (χ1) is 11.4. The van der Waals surface area contributed by atoms with Crippen molar-refractivity contribution in [1.82, 2.24) is 10.6 Å². The summed E-state index contributed by atoms with van der Waals surface area (Å²) in [4.78, 5) is 29.3. The fourth-order valence-electron chi connectivity index (χ4n) is 2.16. The van der Waals surface area contributed by atoms with Gasteiger partial charge in [-0.3, -0.25) is 9.59 Å². The Morgan fingerprint density at radius 1 is 1.29 bits per heavy atom. The highest BCUT2D eigenvalue weighted by Crippen LogP contribution is 2.18. The molecule has 130 valence electrons. The lowest BCUT2D eigenvalue weighted by atomic mass is 10.0. The van der Waals surface area contributed by atoms with Crippen LogP contribution in [0, 0.1) is 5.92 Å². The minimum Gasteiger partial charge on any atom is -0.382 e. The van der Waals surface area contributed by atoms with Crippen molar-refractivity contribution in [2.75, 3.05) is 6.54 Å². The first-order valence-corrected chi connectivity index (χ1v) is 8.31. The van der Waals surface area contributed by atoms with Crippen LogP contribution in [-0.2, 0) is 14.4 Å². The van der Waals surface area contributed by atoms with Crippen LogP contribution < -0.4 is 10.6 Å². The molecule has 0 spiro atoms. The van der Waals surface area contributed by atoms with E-state index in [4.69, 9.17) is 16.4 Å². The van der Waals surface area contributed by atoms with Gasteiger partial charge < -0.3 is 15.5 Å². The second kappa shape index (κ2) is 8.15. The Morgan fingerprint density at radius 3 is 2.58 bits per heavy atom. The third-order valence-corrected chi connectivity index (χ3v) is 3.83. The lowest BCUT2D eigenvalue weighted by Crippen LogP contribution is -2.48. The smallest absolute Gasteiger partial charge is 0.264 e. The Balaban J connectivity index is 1.84. The highest BCUT2D eigenvalue weighted by molar-refractivity contribution is 6.30. The fraction of sp³-hybridized carbons (Fsp3) is 0.471. The summed E-state index contributed by atoms with van der Waals surface area (Å²) in [6, 6.07) is 6.54. The van der Waals surface area contributed by atoms with E-state index in [1.165, 1.54) is 0 Å². The summed E-state index contributed by atoms with van der Waals surface area (Å²) in [5.41, 5.74) is 1.54. The molecule has 0 saturated carbocycles. The first kappa shape index (κ1) is 18.3. The van der Waals surface area contributed by atoms with Gasteiger partial charge in [-0.05, 0) is 30.5 Å². The molecule has 7 heteroatoms. The Bertz CT molecular complexity index is 628. The number of hydrogen-bond acceptors (Lipinski definition) is 4. The molecule has 1 aromatic rings. The quantitative estimate of drug-likeness (QED) is 0.823. The monoisotopic (exact) mass is 351 g/mol. The van der Waals surface area contributed by atoms with Gasteiger partial charge in [-0.15, -0.1) is 0 Å². The van der Waals surface area contributed by atoms with Gasteiger partial charge in [-0.2, -0.15) is 0 Å². The number of rotatable bonds is 6. The largest absolute Gasteiger partial charge is 0.382 e. The average molecular weight is 352 g/mol. The summed E-state index contributed by atoms with van der Waals surface area (Å²) >= 11 is 5.86. The van der Waals surface area contributed by atoms with E-state index in [1.807, 2.05) is 26.0 Å². The molecule has 2 rings (SSSR count). The maximum Gasteiger partial charge on any atom is 0.264 e. The highest BCUT2D eigenvalue weighted by atomic mass is 35.5. The molecule has 0 bridgehead atoms. The highest BCUT2D eigenvalue weighted by Gasteiger charge is 2.30. The number of nitrogens with zero attached hydrogens (tertiary/aromatic N) is 1. The minimum atomic E-state index is -0.726. The van der Waals surface area contributed by atoms with Gasteiger partial charge in [0.25, 0.3) is 5.91 Å². The van der Waals surface area contributed by atoms with Gasteiger partial charge in [0, 0.05) is 18.0 Å². The molecular formula is C17H22ClN3O3. The second-order valence-corrected chi connectivity index (χ2v) is 6.65. The van der Waals surface area contributed by atoms with E-state index >= 15 is 0 Å². The van der Waals surface area contributed by atoms with E-state index in [-0.39, 0.29) is 11.8 Å². The second-order valence-electron chi connectivity index (χ2n) is 6.21. The van der Waals surface area contributed by atoms with Crippen molar-refractivity contribution in [2.45, 2.75) is 39.3 Å². The maximum absolute atomic E-state index is 12.2. The molecule has 1 aromatic carbocycles. The molecule has 2 amide bonds. The van der Waals surface area contributed by atoms with Crippen molar-refractivity contribution in [2.24, 2.45) is 11.1 Å². The zero-order valence-corrected chi connectivity index (χ0v) is 14.8. The molecule has 1 heterocycles. The molecule has 0 aromatic heterocycles. The number of carbonyl (C=O) groups is 2. The molecule has 24 heavy (non-hydrogen) atoms. The van der Waals surface area contributed by atoms with Crippen LogP contribution in [0.3, 0.4) is 0 Å². The van der Waals surface area contributed by atoms with Gasteiger partial charge in [0.2, 0.25) is 12.0 Å². The molecule has 6 nitrogen and oxygen atoms in total. The predicted molar refractivity (Wildman–Crippen MR) is 92.9 cm³/mol. The average Bonchev–Trinajstić information content (AvgIpc) is 3.03. The van der Waals surface area contributed by atoms with Crippen LogP contribution in [-0.4, -0.2) is 36.2 Å². The van der Waals surface area contributed by atoms with E-state index in [2.05, 4.69) is 15.8 Å².